The smallest absolute Gasteiger partial charge is 0.0164 e. The predicted molar refractivity (Wildman–Crippen MR) is 91.4 cm³/mol. The van der Waals surface area contributed by atoms with Crippen LogP contribution >= 0.6 is 0 Å². The number of rotatable bonds is 7. The number of likely N-dealkylation sites (N-methyl/N-ethyl adjacent to an activating group) is 1. The molecule has 114 valence electrons. The van der Waals surface area contributed by atoms with E-state index >= 15 is 0 Å². The average Bonchev–Trinajstić information content (AvgIpc) is 2.56. The Morgan fingerprint density at radius 1 is 1.19 bits per heavy atom. The number of nitrogens with one attached hydrogen (secondary N) is 1. The molecule has 1 unspecified atom stereocenters. The summed E-state index contributed by atoms with van der Waals surface area (Å²) in [6.07, 6.45) is 15.4. The van der Waals surface area contributed by atoms with E-state index in [0.29, 0.717) is 11.5 Å². The molecule has 1 heteroatoms. The Labute approximate surface area is 130 Å². The first-order valence-electron chi connectivity index (χ1n) is 8.56. The van der Waals surface area contributed by atoms with Crippen LogP contribution in [0.1, 0.15) is 63.9 Å². The van der Waals surface area contributed by atoms with Crippen molar-refractivity contribution in [2.24, 2.45) is 0 Å². The minimum Gasteiger partial charge on any atom is -0.313 e. The van der Waals surface area contributed by atoms with Crippen LogP contribution in [0, 0.1) is 12.3 Å². The standard InChI is InChI=1S/C20H29N/c1-3-5-8-15-19(21-4-2)20(16-11-7-12-17-20)18-13-9-6-10-14-18/h1,6,9-10,13-14,19,21H,4-5,7-8,11-12,15-17H2,2H3. The van der Waals surface area contributed by atoms with Gasteiger partial charge in [-0.2, -0.15) is 0 Å². The largest absolute Gasteiger partial charge is 0.313 e. The molecule has 1 fully saturated rings. The predicted octanol–water partition coefficient (Wildman–Crippen LogP) is 4.67. The summed E-state index contributed by atoms with van der Waals surface area (Å²) >= 11 is 0. The molecule has 0 aromatic heterocycles. The SMILES string of the molecule is C#CCCCC(NCC)C1(c2ccccc2)CCCCC1. The Hall–Kier alpha value is -1.26. The molecule has 0 bridgehead atoms. The summed E-state index contributed by atoms with van der Waals surface area (Å²) in [5.74, 6) is 2.79. The third-order valence-electron chi connectivity index (χ3n) is 5.03. The number of unbranched alkanes of at least 4 members (excludes halogenated alkanes) is 1. The summed E-state index contributed by atoms with van der Waals surface area (Å²) < 4.78 is 0. The van der Waals surface area contributed by atoms with Gasteiger partial charge in [-0.05, 0) is 37.8 Å². The van der Waals surface area contributed by atoms with Gasteiger partial charge in [0.05, 0.1) is 0 Å². The molecule has 0 heterocycles. The van der Waals surface area contributed by atoms with E-state index in [1.54, 1.807) is 0 Å². The van der Waals surface area contributed by atoms with Gasteiger partial charge < -0.3 is 5.32 Å². The van der Waals surface area contributed by atoms with Crippen LogP contribution in [0.2, 0.25) is 0 Å². The second kappa shape index (κ2) is 8.25. The Balaban J connectivity index is 2.25. The molecule has 1 atom stereocenters. The van der Waals surface area contributed by atoms with Crippen molar-refractivity contribution in [1.82, 2.24) is 5.32 Å². The van der Waals surface area contributed by atoms with Gasteiger partial charge in [-0.3, -0.25) is 0 Å². The summed E-state index contributed by atoms with van der Waals surface area (Å²) in [6.45, 7) is 3.25. The molecule has 0 radical (unpaired) electrons. The van der Waals surface area contributed by atoms with Crippen molar-refractivity contribution in [2.45, 2.75) is 69.7 Å². The monoisotopic (exact) mass is 283 g/mol. The first-order valence-corrected chi connectivity index (χ1v) is 8.56. The maximum Gasteiger partial charge on any atom is 0.0164 e. The minimum absolute atomic E-state index is 0.310. The molecular weight excluding hydrogens is 254 g/mol. The fraction of sp³-hybridized carbons (Fsp3) is 0.600. The third kappa shape index (κ3) is 3.89. The van der Waals surface area contributed by atoms with Gasteiger partial charge in [-0.25, -0.2) is 0 Å². The van der Waals surface area contributed by atoms with Crippen molar-refractivity contribution in [2.75, 3.05) is 6.54 Å². The molecule has 0 spiro atoms. The lowest BCUT2D eigenvalue weighted by Gasteiger charge is -2.45. The Morgan fingerprint density at radius 3 is 2.52 bits per heavy atom. The molecule has 1 aliphatic carbocycles. The van der Waals surface area contributed by atoms with Crippen molar-refractivity contribution in [3.05, 3.63) is 35.9 Å². The van der Waals surface area contributed by atoms with Crippen LogP contribution < -0.4 is 5.32 Å². The first-order chi connectivity index (χ1) is 10.3. The van der Waals surface area contributed by atoms with E-state index in [2.05, 4.69) is 48.5 Å². The molecule has 1 aromatic carbocycles. The minimum atomic E-state index is 0.310. The fourth-order valence-corrected chi connectivity index (χ4v) is 4.02. The van der Waals surface area contributed by atoms with Crippen LogP contribution in [0.5, 0.6) is 0 Å². The van der Waals surface area contributed by atoms with E-state index in [0.717, 1.165) is 19.4 Å². The number of hydrogen-bond donors (Lipinski definition) is 1. The Morgan fingerprint density at radius 2 is 1.90 bits per heavy atom. The molecule has 1 aliphatic rings. The summed E-state index contributed by atoms with van der Waals surface area (Å²) in [6, 6.07) is 11.7. The van der Waals surface area contributed by atoms with Gasteiger partial charge in [0.15, 0.2) is 0 Å². The maximum absolute atomic E-state index is 5.44. The Kier molecular flexibility index (Phi) is 6.33. The Bertz CT molecular complexity index is 437. The zero-order valence-electron chi connectivity index (χ0n) is 13.4. The van der Waals surface area contributed by atoms with Crippen LogP contribution in [0.15, 0.2) is 30.3 Å². The molecule has 2 rings (SSSR count). The van der Waals surface area contributed by atoms with Crippen LogP contribution in [-0.2, 0) is 5.41 Å². The summed E-state index contributed by atoms with van der Waals surface area (Å²) in [4.78, 5) is 0. The molecule has 1 N–H and O–H groups in total. The van der Waals surface area contributed by atoms with Crippen LogP contribution in [0.3, 0.4) is 0 Å². The van der Waals surface area contributed by atoms with Crippen molar-refractivity contribution in [3.63, 3.8) is 0 Å². The van der Waals surface area contributed by atoms with Gasteiger partial charge in [-0.1, -0.05) is 56.5 Å². The summed E-state index contributed by atoms with van der Waals surface area (Å²) in [5, 5.41) is 3.78. The number of terminal acetylenes is 1. The van der Waals surface area contributed by atoms with Crippen molar-refractivity contribution < 1.29 is 0 Å². The molecule has 1 nitrogen and oxygen atoms in total. The van der Waals surface area contributed by atoms with E-state index in [4.69, 9.17) is 6.42 Å². The summed E-state index contributed by atoms with van der Waals surface area (Å²) in [5.41, 5.74) is 1.83. The van der Waals surface area contributed by atoms with Crippen molar-refractivity contribution >= 4 is 0 Å². The molecule has 0 saturated heterocycles. The molecular formula is C20H29N. The molecule has 0 aliphatic heterocycles. The van der Waals surface area contributed by atoms with E-state index < -0.39 is 0 Å². The van der Waals surface area contributed by atoms with Gasteiger partial charge >= 0.3 is 0 Å². The van der Waals surface area contributed by atoms with Gasteiger partial charge in [0.2, 0.25) is 0 Å². The van der Waals surface area contributed by atoms with Gasteiger partial charge in [0, 0.05) is 17.9 Å². The number of benzene rings is 1. The van der Waals surface area contributed by atoms with E-state index in [1.807, 2.05) is 0 Å². The van der Waals surface area contributed by atoms with Gasteiger partial charge in [0.1, 0.15) is 0 Å². The lowest BCUT2D eigenvalue weighted by atomic mass is 9.64. The highest BCUT2D eigenvalue weighted by Crippen LogP contribution is 2.43. The second-order valence-electron chi connectivity index (χ2n) is 6.29. The second-order valence-corrected chi connectivity index (χ2v) is 6.29. The number of hydrogen-bond acceptors (Lipinski definition) is 1. The molecule has 21 heavy (non-hydrogen) atoms. The highest BCUT2D eigenvalue weighted by Gasteiger charge is 2.40. The zero-order valence-corrected chi connectivity index (χ0v) is 13.4. The van der Waals surface area contributed by atoms with Crippen LogP contribution in [0.4, 0.5) is 0 Å². The fourth-order valence-electron chi connectivity index (χ4n) is 4.02. The molecule has 1 saturated carbocycles. The lowest BCUT2D eigenvalue weighted by molar-refractivity contribution is 0.203. The lowest BCUT2D eigenvalue weighted by Crippen LogP contribution is -2.49. The highest BCUT2D eigenvalue weighted by molar-refractivity contribution is 5.28. The highest BCUT2D eigenvalue weighted by atomic mass is 14.9. The first kappa shape index (κ1) is 16.1. The van der Waals surface area contributed by atoms with Crippen LogP contribution in [0.25, 0.3) is 0 Å². The van der Waals surface area contributed by atoms with Crippen molar-refractivity contribution in [1.29, 1.82) is 0 Å². The van der Waals surface area contributed by atoms with Gasteiger partial charge in [0.25, 0.3) is 0 Å². The van der Waals surface area contributed by atoms with Crippen molar-refractivity contribution in [3.8, 4) is 12.3 Å². The summed E-state index contributed by atoms with van der Waals surface area (Å²) in [7, 11) is 0. The maximum atomic E-state index is 5.44. The third-order valence-corrected chi connectivity index (χ3v) is 5.03. The average molecular weight is 283 g/mol. The van der Waals surface area contributed by atoms with E-state index in [9.17, 15) is 0 Å². The topological polar surface area (TPSA) is 12.0 Å². The molecule has 0 amide bonds. The normalized spacial score (nSPS) is 18.9. The molecule has 1 aromatic rings. The van der Waals surface area contributed by atoms with E-state index in [-0.39, 0.29) is 0 Å². The zero-order chi connectivity index (χ0) is 15.0. The van der Waals surface area contributed by atoms with Gasteiger partial charge in [-0.15, -0.1) is 12.3 Å². The van der Waals surface area contributed by atoms with E-state index in [1.165, 1.54) is 44.1 Å². The quantitative estimate of drug-likeness (QED) is 0.566. The van der Waals surface area contributed by atoms with Crippen LogP contribution in [-0.4, -0.2) is 12.6 Å².